The molecule has 0 aliphatic carbocycles. The Kier molecular flexibility index (Phi) is 7.40. The van der Waals surface area contributed by atoms with E-state index in [1.807, 2.05) is 72.8 Å². The Balaban J connectivity index is 1.57. The summed E-state index contributed by atoms with van der Waals surface area (Å²) in [5, 5.41) is 0.275. The van der Waals surface area contributed by atoms with Crippen LogP contribution < -0.4 is 19.9 Å². The molecule has 0 saturated heterocycles. The van der Waals surface area contributed by atoms with Crippen LogP contribution in [0.2, 0.25) is 5.15 Å². The Morgan fingerprint density at radius 3 is 2.18 bits per heavy atom. The molecule has 7 heteroatoms. The Morgan fingerprint density at radius 2 is 1.48 bits per heavy atom. The standard InChI is InChI=1S/C26H24ClN3O3/c1-31-21-10-7-19(8-11-21)17-32-22-12-9-20(24(28)25-26(27)30-14-13-29-25)15-23(22)33-16-18-5-3-2-4-6-18/h2-15,24H,16-17,28H2,1H3. The van der Waals surface area contributed by atoms with Crippen molar-refractivity contribution >= 4 is 11.6 Å². The number of ether oxygens (including phenoxy) is 3. The van der Waals surface area contributed by atoms with Gasteiger partial charge in [-0.3, -0.25) is 4.98 Å². The van der Waals surface area contributed by atoms with E-state index < -0.39 is 6.04 Å². The predicted octanol–water partition coefficient (Wildman–Crippen LogP) is 5.34. The highest BCUT2D eigenvalue weighted by molar-refractivity contribution is 6.30. The number of aromatic nitrogens is 2. The maximum Gasteiger partial charge on any atom is 0.162 e. The van der Waals surface area contributed by atoms with Crippen LogP contribution in [0.1, 0.15) is 28.4 Å². The number of rotatable bonds is 9. The largest absolute Gasteiger partial charge is 0.497 e. The lowest BCUT2D eigenvalue weighted by molar-refractivity contribution is 0.255. The normalized spacial score (nSPS) is 11.6. The van der Waals surface area contributed by atoms with Crippen LogP contribution >= 0.6 is 11.6 Å². The monoisotopic (exact) mass is 461 g/mol. The smallest absolute Gasteiger partial charge is 0.162 e. The summed E-state index contributed by atoms with van der Waals surface area (Å²) < 4.78 is 17.4. The van der Waals surface area contributed by atoms with E-state index in [0.717, 1.165) is 22.4 Å². The zero-order valence-electron chi connectivity index (χ0n) is 18.1. The Bertz CT molecular complexity index is 1190. The van der Waals surface area contributed by atoms with Crippen molar-refractivity contribution in [2.75, 3.05) is 7.11 Å². The average molecular weight is 462 g/mol. The van der Waals surface area contributed by atoms with Crippen LogP contribution in [0.5, 0.6) is 17.2 Å². The average Bonchev–Trinajstić information content (AvgIpc) is 2.87. The van der Waals surface area contributed by atoms with Gasteiger partial charge in [-0.25, -0.2) is 4.98 Å². The molecule has 1 unspecified atom stereocenters. The van der Waals surface area contributed by atoms with Gasteiger partial charge in [0.15, 0.2) is 16.7 Å². The molecule has 1 atom stereocenters. The van der Waals surface area contributed by atoms with E-state index in [1.54, 1.807) is 13.3 Å². The van der Waals surface area contributed by atoms with Gasteiger partial charge in [-0.05, 0) is 41.0 Å². The summed E-state index contributed by atoms with van der Waals surface area (Å²) >= 11 is 6.20. The highest BCUT2D eigenvalue weighted by Crippen LogP contribution is 2.34. The van der Waals surface area contributed by atoms with Gasteiger partial charge >= 0.3 is 0 Å². The lowest BCUT2D eigenvalue weighted by atomic mass is 10.0. The van der Waals surface area contributed by atoms with Gasteiger partial charge in [-0.2, -0.15) is 0 Å². The number of hydrogen-bond acceptors (Lipinski definition) is 6. The summed E-state index contributed by atoms with van der Waals surface area (Å²) in [5.74, 6) is 2.00. The lowest BCUT2D eigenvalue weighted by Gasteiger charge is -2.17. The van der Waals surface area contributed by atoms with Gasteiger partial charge < -0.3 is 19.9 Å². The third-order valence-corrected chi connectivity index (χ3v) is 5.38. The van der Waals surface area contributed by atoms with Crippen molar-refractivity contribution in [1.82, 2.24) is 9.97 Å². The van der Waals surface area contributed by atoms with E-state index in [4.69, 9.17) is 31.5 Å². The first-order chi connectivity index (χ1) is 16.1. The van der Waals surface area contributed by atoms with Crippen molar-refractivity contribution in [1.29, 1.82) is 0 Å². The molecule has 0 spiro atoms. The molecule has 0 fully saturated rings. The second-order valence-corrected chi connectivity index (χ2v) is 7.69. The van der Waals surface area contributed by atoms with Crippen LogP contribution in [0.25, 0.3) is 0 Å². The molecule has 2 N–H and O–H groups in total. The van der Waals surface area contributed by atoms with E-state index in [9.17, 15) is 0 Å². The van der Waals surface area contributed by atoms with Crippen LogP contribution in [0.3, 0.4) is 0 Å². The molecule has 168 valence electrons. The van der Waals surface area contributed by atoms with Crippen molar-refractivity contribution in [2.24, 2.45) is 5.73 Å². The summed E-state index contributed by atoms with van der Waals surface area (Å²) in [4.78, 5) is 8.36. The number of benzene rings is 3. The summed E-state index contributed by atoms with van der Waals surface area (Å²) in [6.45, 7) is 0.775. The van der Waals surface area contributed by atoms with Gasteiger partial charge in [0, 0.05) is 12.4 Å². The van der Waals surface area contributed by atoms with Gasteiger partial charge in [-0.1, -0.05) is 60.1 Å². The van der Waals surface area contributed by atoms with Gasteiger partial charge in [-0.15, -0.1) is 0 Å². The Hall–Kier alpha value is -3.61. The van der Waals surface area contributed by atoms with Gasteiger partial charge in [0.25, 0.3) is 0 Å². The third-order valence-electron chi connectivity index (χ3n) is 5.09. The van der Waals surface area contributed by atoms with Crippen LogP contribution in [0.4, 0.5) is 0 Å². The van der Waals surface area contributed by atoms with Crippen molar-refractivity contribution < 1.29 is 14.2 Å². The fourth-order valence-electron chi connectivity index (χ4n) is 3.27. The van der Waals surface area contributed by atoms with E-state index >= 15 is 0 Å². The molecule has 1 aromatic heterocycles. The zero-order valence-corrected chi connectivity index (χ0v) is 18.9. The maximum atomic E-state index is 6.44. The predicted molar refractivity (Wildman–Crippen MR) is 128 cm³/mol. The molecule has 4 aromatic rings. The molecular weight excluding hydrogens is 438 g/mol. The number of nitrogens with zero attached hydrogens (tertiary/aromatic N) is 2. The first-order valence-corrected chi connectivity index (χ1v) is 10.8. The van der Waals surface area contributed by atoms with Crippen LogP contribution in [-0.2, 0) is 13.2 Å². The van der Waals surface area contributed by atoms with E-state index in [0.29, 0.717) is 30.4 Å². The number of nitrogens with two attached hydrogens (primary N) is 1. The van der Waals surface area contributed by atoms with Gasteiger partial charge in [0.1, 0.15) is 19.0 Å². The van der Waals surface area contributed by atoms with Crippen LogP contribution in [-0.4, -0.2) is 17.1 Å². The van der Waals surface area contributed by atoms with Crippen molar-refractivity contribution in [3.05, 3.63) is 113 Å². The van der Waals surface area contributed by atoms with Gasteiger partial charge in [0.05, 0.1) is 18.8 Å². The topological polar surface area (TPSA) is 79.5 Å². The van der Waals surface area contributed by atoms with Crippen LogP contribution in [0, 0.1) is 0 Å². The minimum absolute atomic E-state index is 0.275. The van der Waals surface area contributed by atoms with E-state index in [2.05, 4.69) is 9.97 Å². The molecule has 4 rings (SSSR count). The minimum atomic E-state index is -0.555. The first-order valence-electron chi connectivity index (χ1n) is 10.4. The Labute approximate surface area is 197 Å². The van der Waals surface area contributed by atoms with Gasteiger partial charge in [0.2, 0.25) is 0 Å². The molecule has 1 heterocycles. The molecule has 3 aromatic carbocycles. The zero-order chi connectivity index (χ0) is 23.0. The Morgan fingerprint density at radius 1 is 0.818 bits per heavy atom. The molecule has 0 bridgehead atoms. The van der Waals surface area contributed by atoms with Crippen molar-refractivity contribution in [3.63, 3.8) is 0 Å². The summed E-state index contributed by atoms with van der Waals surface area (Å²) in [5.41, 5.74) is 9.79. The van der Waals surface area contributed by atoms with Crippen molar-refractivity contribution in [3.8, 4) is 17.2 Å². The minimum Gasteiger partial charge on any atom is -0.497 e. The molecule has 0 aliphatic heterocycles. The maximum absolute atomic E-state index is 6.44. The fraction of sp³-hybridized carbons (Fsp3) is 0.154. The van der Waals surface area contributed by atoms with E-state index in [-0.39, 0.29) is 5.15 Å². The van der Waals surface area contributed by atoms with Crippen LogP contribution in [0.15, 0.2) is 85.2 Å². The molecule has 0 aliphatic rings. The fourth-order valence-corrected chi connectivity index (χ4v) is 3.49. The SMILES string of the molecule is COc1ccc(COc2ccc(C(N)c3nccnc3Cl)cc2OCc2ccccc2)cc1. The highest BCUT2D eigenvalue weighted by atomic mass is 35.5. The van der Waals surface area contributed by atoms with Crippen molar-refractivity contribution in [2.45, 2.75) is 19.3 Å². The van der Waals surface area contributed by atoms with E-state index in [1.165, 1.54) is 6.20 Å². The number of halogens is 1. The molecule has 0 saturated carbocycles. The number of hydrogen-bond donors (Lipinski definition) is 1. The second-order valence-electron chi connectivity index (χ2n) is 7.33. The summed E-state index contributed by atoms with van der Waals surface area (Å²) in [6, 6.07) is 22.7. The molecule has 33 heavy (non-hydrogen) atoms. The number of methoxy groups -OCH3 is 1. The molecule has 0 radical (unpaired) electrons. The molecule has 6 nitrogen and oxygen atoms in total. The highest BCUT2D eigenvalue weighted by Gasteiger charge is 2.18. The third kappa shape index (κ3) is 5.80. The molecule has 0 amide bonds. The second kappa shape index (κ2) is 10.8. The quantitative estimate of drug-likeness (QED) is 0.362. The first kappa shape index (κ1) is 22.6. The summed E-state index contributed by atoms with van der Waals surface area (Å²) in [6.07, 6.45) is 3.10. The summed E-state index contributed by atoms with van der Waals surface area (Å²) in [7, 11) is 1.64. The molecular formula is C26H24ClN3O3. The lowest BCUT2D eigenvalue weighted by Crippen LogP contribution is -2.15.